The first-order valence-corrected chi connectivity index (χ1v) is 6.92. The van der Waals surface area contributed by atoms with E-state index in [-0.39, 0.29) is 18.0 Å². The fourth-order valence-electron chi connectivity index (χ4n) is 2.87. The average Bonchev–Trinajstić information content (AvgIpc) is 2.91. The van der Waals surface area contributed by atoms with Crippen LogP contribution in [0.4, 0.5) is 0 Å². The summed E-state index contributed by atoms with van der Waals surface area (Å²) in [6, 6.07) is -0.0823. The smallest absolute Gasteiger partial charge is 0.308 e. The molecule has 1 fully saturated rings. The van der Waals surface area contributed by atoms with Crippen molar-refractivity contribution in [1.29, 1.82) is 0 Å². The molecule has 1 amide bonds. The Bertz CT molecular complexity index is 536. The maximum Gasteiger partial charge on any atom is 0.308 e. The summed E-state index contributed by atoms with van der Waals surface area (Å²) < 4.78 is 1.81. The van der Waals surface area contributed by atoms with Gasteiger partial charge in [0, 0.05) is 24.3 Å². The van der Waals surface area contributed by atoms with Crippen molar-refractivity contribution in [2.45, 2.75) is 46.2 Å². The van der Waals surface area contributed by atoms with Crippen molar-refractivity contribution in [3.63, 3.8) is 0 Å². The Hall–Kier alpha value is -1.85. The van der Waals surface area contributed by atoms with E-state index >= 15 is 0 Å². The van der Waals surface area contributed by atoms with Crippen LogP contribution in [0.2, 0.25) is 0 Å². The van der Waals surface area contributed by atoms with Gasteiger partial charge in [0.25, 0.3) is 5.91 Å². The Kier molecular flexibility index (Phi) is 3.83. The van der Waals surface area contributed by atoms with E-state index in [1.165, 1.54) is 0 Å². The maximum absolute atomic E-state index is 12.6. The van der Waals surface area contributed by atoms with Crippen LogP contribution in [-0.4, -0.2) is 44.3 Å². The van der Waals surface area contributed by atoms with Crippen molar-refractivity contribution in [1.82, 2.24) is 14.7 Å². The molecule has 6 nitrogen and oxygen atoms in total. The van der Waals surface area contributed by atoms with Gasteiger partial charge in [-0.05, 0) is 34.1 Å². The summed E-state index contributed by atoms with van der Waals surface area (Å²) in [5, 5.41) is 13.4. The van der Waals surface area contributed by atoms with Crippen LogP contribution in [0.15, 0.2) is 6.20 Å². The number of amides is 1. The fourth-order valence-corrected chi connectivity index (χ4v) is 2.87. The first kappa shape index (κ1) is 14.6. The zero-order valence-electron chi connectivity index (χ0n) is 12.3. The van der Waals surface area contributed by atoms with Crippen molar-refractivity contribution < 1.29 is 14.7 Å². The summed E-state index contributed by atoms with van der Waals surface area (Å²) in [7, 11) is 0. The third-order valence-corrected chi connectivity index (χ3v) is 4.10. The highest BCUT2D eigenvalue weighted by molar-refractivity contribution is 5.96. The van der Waals surface area contributed by atoms with Gasteiger partial charge in [0.15, 0.2) is 0 Å². The molecule has 1 aromatic heterocycles. The molecule has 2 heterocycles. The monoisotopic (exact) mass is 279 g/mol. The molecule has 2 atom stereocenters. The topological polar surface area (TPSA) is 75.4 Å². The zero-order chi connectivity index (χ0) is 15.0. The van der Waals surface area contributed by atoms with Gasteiger partial charge >= 0.3 is 5.97 Å². The van der Waals surface area contributed by atoms with E-state index in [4.69, 9.17) is 5.11 Å². The molecule has 1 aliphatic rings. The molecule has 0 spiro atoms. The summed E-state index contributed by atoms with van der Waals surface area (Å²) in [6.07, 6.45) is 2.10. The first-order valence-electron chi connectivity index (χ1n) is 6.92. The highest BCUT2D eigenvalue weighted by Gasteiger charge is 2.39. The van der Waals surface area contributed by atoms with Crippen LogP contribution in [0.5, 0.6) is 0 Å². The second kappa shape index (κ2) is 5.26. The summed E-state index contributed by atoms with van der Waals surface area (Å²) in [5.74, 6) is -1.42. The van der Waals surface area contributed by atoms with Crippen LogP contribution in [0.1, 0.15) is 49.3 Å². The van der Waals surface area contributed by atoms with E-state index in [1.54, 1.807) is 18.0 Å². The standard InChI is InChI=1S/C14H21N3O3/c1-8(2)17-10(4)12(7-15-17)13(18)16-6-5-11(9(16)3)14(19)20/h7-9,11H,5-6H2,1-4H3,(H,19,20). The third-order valence-electron chi connectivity index (χ3n) is 4.10. The molecule has 1 N–H and O–H groups in total. The van der Waals surface area contributed by atoms with Crippen LogP contribution in [0, 0.1) is 12.8 Å². The van der Waals surface area contributed by atoms with Crippen LogP contribution in [0.25, 0.3) is 0 Å². The zero-order valence-corrected chi connectivity index (χ0v) is 12.3. The predicted molar refractivity (Wildman–Crippen MR) is 73.6 cm³/mol. The molecule has 0 saturated carbocycles. The molecule has 1 aromatic rings. The average molecular weight is 279 g/mol. The molecule has 1 aliphatic heterocycles. The van der Waals surface area contributed by atoms with Crippen LogP contribution < -0.4 is 0 Å². The van der Waals surface area contributed by atoms with Crippen LogP contribution >= 0.6 is 0 Å². The van der Waals surface area contributed by atoms with E-state index in [2.05, 4.69) is 5.10 Å². The Morgan fingerprint density at radius 3 is 2.55 bits per heavy atom. The van der Waals surface area contributed by atoms with E-state index < -0.39 is 11.9 Å². The molecule has 0 aromatic carbocycles. The Morgan fingerprint density at radius 2 is 2.10 bits per heavy atom. The number of hydrogen-bond donors (Lipinski definition) is 1. The van der Waals surface area contributed by atoms with Gasteiger partial charge in [0.2, 0.25) is 0 Å². The van der Waals surface area contributed by atoms with Crippen molar-refractivity contribution in [2.75, 3.05) is 6.54 Å². The minimum absolute atomic E-state index is 0.120. The number of rotatable bonds is 3. The van der Waals surface area contributed by atoms with Gasteiger partial charge in [0.05, 0.1) is 17.7 Å². The number of carbonyl (C=O) groups is 2. The van der Waals surface area contributed by atoms with Gasteiger partial charge in [-0.2, -0.15) is 5.10 Å². The molecule has 110 valence electrons. The van der Waals surface area contributed by atoms with Gasteiger partial charge in [0.1, 0.15) is 0 Å². The van der Waals surface area contributed by atoms with Crippen molar-refractivity contribution in [2.24, 2.45) is 5.92 Å². The highest BCUT2D eigenvalue weighted by atomic mass is 16.4. The number of aliphatic carboxylic acids is 1. The summed E-state index contributed by atoms with van der Waals surface area (Å²) >= 11 is 0. The lowest BCUT2D eigenvalue weighted by Crippen LogP contribution is -2.37. The van der Waals surface area contributed by atoms with Gasteiger partial charge in [-0.15, -0.1) is 0 Å². The Labute approximate surface area is 118 Å². The molecule has 2 rings (SSSR count). The molecular weight excluding hydrogens is 258 g/mol. The quantitative estimate of drug-likeness (QED) is 0.914. The lowest BCUT2D eigenvalue weighted by atomic mass is 10.0. The normalized spacial score (nSPS) is 22.6. The van der Waals surface area contributed by atoms with Crippen LogP contribution in [-0.2, 0) is 4.79 Å². The number of hydrogen-bond acceptors (Lipinski definition) is 3. The summed E-state index contributed by atoms with van der Waals surface area (Å²) in [5.41, 5.74) is 1.40. The second-order valence-corrected chi connectivity index (χ2v) is 5.65. The summed E-state index contributed by atoms with van der Waals surface area (Å²) in [4.78, 5) is 25.3. The molecule has 0 bridgehead atoms. The molecule has 2 unspecified atom stereocenters. The maximum atomic E-state index is 12.6. The van der Waals surface area contributed by atoms with Crippen molar-refractivity contribution >= 4 is 11.9 Å². The molecule has 0 aliphatic carbocycles. The third kappa shape index (κ3) is 2.30. The first-order chi connectivity index (χ1) is 9.34. The van der Waals surface area contributed by atoms with E-state index in [0.29, 0.717) is 18.5 Å². The minimum Gasteiger partial charge on any atom is -0.481 e. The van der Waals surface area contributed by atoms with E-state index in [0.717, 1.165) is 5.69 Å². The predicted octanol–water partition coefficient (Wildman–Crippen LogP) is 1.71. The van der Waals surface area contributed by atoms with Gasteiger partial charge in [-0.25, -0.2) is 0 Å². The fraction of sp³-hybridized carbons (Fsp3) is 0.643. The number of carbonyl (C=O) groups excluding carboxylic acids is 1. The molecule has 0 radical (unpaired) electrons. The number of aromatic nitrogens is 2. The van der Waals surface area contributed by atoms with Crippen LogP contribution in [0.3, 0.4) is 0 Å². The molecular formula is C14H21N3O3. The van der Waals surface area contributed by atoms with Crippen molar-refractivity contribution in [3.8, 4) is 0 Å². The SMILES string of the molecule is Cc1c(C(=O)N2CCC(C(=O)O)C2C)cnn1C(C)C. The number of carboxylic acids is 1. The number of nitrogens with zero attached hydrogens (tertiary/aromatic N) is 3. The minimum atomic E-state index is -0.831. The Balaban J connectivity index is 2.23. The highest BCUT2D eigenvalue weighted by Crippen LogP contribution is 2.27. The second-order valence-electron chi connectivity index (χ2n) is 5.65. The molecule has 1 saturated heterocycles. The lowest BCUT2D eigenvalue weighted by Gasteiger charge is -2.23. The number of carboxylic acid groups (broad SMARTS) is 1. The van der Waals surface area contributed by atoms with Gasteiger partial charge in [-0.1, -0.05) is 0 Å². The van der Waals surface area contributed by atoms with Gasteiger partial charge < -0.3 is 10.0 Å². The molecule has 20 heavy (non-hydrogen) atoms. The Morgan fingerprint density at radius 1 is 1.45 bits per heavy atom. The van der Waals surface area contributed by atoms with Crippen molar-refractivity contribution in [3.05, 3.63) is 17.5 Å². The van der Waals surface area contributed by atoms with E-state index in [1.807, 2.05) is 25.5 Å². The van der Waals surface area contributed by atoms with Gasteiger partial charge in [-0.3, -0.25) is 14.3 Å². The largest absolute Gasteiger partial charge is 0.481 e. The summed E-state index contributed by atoms with van der Waals surface area (Å²) in [6.45, 7) is 8.17. The lowest BCUT2D eigenvalue weighted by molar-refractivity contribution is -0.142. The number of likely N-dealkylation sites (tertiary alicyclic amines) is 1. The van der Waals surface area contributed by atoms with E-state index in [9.17, 15) is 9.59 Å². The molecule has 6 heteroatoms.